The molecule has 134 valence electrons. The Bertz CT molecular complexity index is 501. The van der Waals surface area contributed by atoms with Crippen molar-refractivity contribution in [2.75, 3.05) is 31.5 Å². The van der Waals surface area contributed by atoms with Crippen molar-refractivity contribution >= 4 is 11.6 Å². The Morgan fingerprint density at radius 2 is 2.00 bits per heavy atom. The number of aliphatic hydroxyl groups is 1. The van der Waals surface area contributed by atoms with E-state index in [-0.39, 0.29) is 23.9 Å². The number of halogens is 1. The zero-order chi connectivity index (χ0) is 17.4. The zero-order valence-corrected chi connectivity index (χ0v) is 14.3. The average molecular weight is 337 g/mol. The number of benzene rings is 1. The normalized spacial score (nSPS) is 17.6. The molecular formula is C18H28FN3O2. The summed E-state index contributed by atoms with van der Waals surface area (Å²) in [6, 6.07) is 5.86. The summed E-state index contributed by atoms with van der Waals surface area (Å²) in [6.07, 6.45) is 3.02. The largest absolute Gasteiger partial charge is 0.393 e. The average Bonchev–Trinajstić information content (AvgIpc) is 2.55. The molecule has 1 heterocycles. The van der Waals surface area contributed by atoms with Gasteiger partial charge in [0.05, 0.1) is 6.10 Å². The Labute approximate surface area is 143 Å². The van der Waals surface area contributed by atoms with E-state index in [1.165, 1.54) is 12.1 Å². The van der Waals surface area contributed by atoms with Crippen molar-refractivity contribution < 1.29 is 14.3 Å². The molecule has 1 aliphatic rings. The lowest BCUT2D eigenvalue weighted by atomic mass is 10.1. The second-order valence-corrected chi connectivity index (χ2v) is 6.54. The van der Waals surface area contributed by atoms with Crippen molar-refractivity contribution in [3.8, 4) is 0 Å². The first-order chi connectivity index (χ1) is 11.5. The first-order valence-electron chi connectivity index (χ1n) is 8.72. The van der Waals surface area contributed by atoms with Crippen LogP contribution in [0.2, 0.25) is 0 Å². The number of hydrogen-bond donors (Lipinski definition) is 3. The molecule has 3 N–H and O–H groups in total. The number of aliphatic hydroxyl groups excluding tert-OH is 1. The van der Waals surface area contributed by atoms with Gasteiger partial charge in [0.25, 0.3) is 0 Å². The predicted molar refractivity (Wildman–Crippen MR) is 93.4 cm³/mol. The molecule has 6 heteroatoms. The second-order valence-electron chi connectivity index (χ2n) is 6.54. The van der Waals surface area contributed by atoms with Gasteiger partial charge in [0.15, 0.2) is 0 Å². The van der Waals surface area contributed by atoms with Gasteiger partial charge >= 0.3 is 0 Å². The van der Waals surface area contributed by atoms with E-state index in [9.17, 15) is 14.3 Å². The maximum atomic E-state index is 12.8. The van der Waals surface area contributed by atoms with E-state index in [1.807, 2.05) is 6.92 Å². The predicted octanol–water partition coefficient (Wildman–Crippen LogP) is 1.98. The van der Waals surface area contributed by atoms with Crippen LogP contribution in [0.25, 0.3) is 0 Å². The molecule has 1 saturated heterocycles. The van der Waals surface area contributed by atoms with Crippen LogP contribution in [-0.2, 0) is 4.79 Å². The summed E-state index contributed by atoms with van der Waals surface area (Å²) in [7, 11) is 0. The fourth-order valence-electron chi connectivity index (χ4n) is 2.89. The molecule has 0 aromatic heterocycles. The van der Waals surface area contributed by atoms with Crippen LogP contribution < -0.4 is 10.6 Å². The fraction of sp³-hybridized carbons (Fsp3) is 0.611. The van der Waals surface area contributed by atoms with Gasteiger partial charge in [-0.05, 0) is 63.5 Å². The molecule has 0 radical (unpaired) electrons. The third kappa shape index (κ3) is 6.95. The maximum Gasteiger partial charge on any atom is 0.225 e. The van der Waals surface area contributed by atoms with E-state index in [1.54, 1.807) is 12.1 Å². The van der Waals surface area contributed by atoms with Crippen molar-refractivity contribution in [1.82, 2.24) is 10.2 Å². The van der Waals surface area contributed by atoms with Gasteiger partial charge in [0.2, 0.25) is 5.91 Å². The van der Waals surface area contributed by atoms with Crippen LogP contribution in [0.3, 0.4) is 0 Å². The molecule has 0 spiro atoms. The van der Waals surface area contributed by atoms with Crippen LogP contribution in [0, 0.1) is 5.82 Å². The molecular weight excluding hydrogens is 309 g/mol. The second kappa shape index (κ2) is 9.71. The zero-order valence-electron chi connectivity index (χ0n) is 14.3. The van der Waals surface area contributed by atoms with Crippen LogP contribution in [-0.4, -0.2) is 54.2 Å². The molecule has 1 unspecified atom stereocenters. The Hall–Kier alpha value is -1.50. The van der Waals surface area contributed by atoms with Crippen LogP contribution in [0.4, 0.5) is 10.1 Å². The van der Waals surface area contributed by atoms with Gasteiger partial charge in [-0.15, -0.1) is 0 Å². The first-order valence-corrected chi connectivity index (χ1v) is 8.72. The first kappa shape index (κ1) is 18.8. The van der Waals surface area contributed by atoms with Gasteiger partial charge in [-0.3, -0.25) is 4.79 Å². The van der Waals surface area contributed by atoms with E-state index >= 15 is 0 Å². The molecule has 0 bridgehead atoms. The number of carbonyl (C=O) groups excluding carboxylic acids is 1. The summed E-state index contributed by atoms with van der Waals surface area (Å²) in [4.78, 5) is 14.3. The van der Waals surface area contributed by atoms with Crippen molar-refractivity contribution in [1.29, 1.82) is 0 Å². The highest BCUT2D eigenvalue weighted by atomic mass is 19.1. The molecule has 5 nitrogen and oxygen atoms in total. The lowest BCUT2D eigenvalue weighted by Gasteiger charge is -2.29. The number of amides is 1. The highest BCUT2D eigenvalue weighted by Gasteiger charge is 2.16. The summed E-state index contributed by atoms with van der Waals surface area (Å²) in [5, 5.41) is 15.6. The van der Waals surface area contributed by atoms with Gasteiger partial charge in [-0.25, -0.2) is 4.39 Å². The van der Waals surface area contributed by atoms with Crippen LogP contribution >= 0.6 is 0 Å². The topological polar surface area (TPSA) is 64.6 Å². The lowest BCUT2D eigenvalue weighted by molar-refractivity contribution is -0.116. The lowest BCUT2D eigenvalue weighted by Crippen LogP contribution is -2.38. The number of carbonyl (C=O) groups is 1. The number of hydrogen-bond acceptors (Lipinski definition) is 4. The number of likely N-dealkylation sites (tertiary alicyclic amines) is 1. The Kier molecular flexibility index (Phi) is 7.62. The quantitative estimate of drug-likeness (QED) is 0.635. The van der Waals surface area contributed by atoms with Gasteiger partial charge in [0, 0.05) is 31.2 Å². The molecule has 24 heavy (non-hydrogen) atoms. The van der Waals surface area contributed by atoms with Gasteiger partial charge in [0.1, 0.15) is 5.82 Å². The van der Waals surface area contributed by atoms with E-state index in [2.05, 4.69) is 15.5 Å². The summed E-state index contributed by atoms with van der Waals surface area (Å²) >= 11 is 0. The smallest absolute Gasteiger partial charge is 0.225 e. The molecule has 1 amide bonds. The van der Waals surface area contributed by atoms with E-state index in [4.69, 9.17) is 0 Å². The molecule has 2 rings (SSSR count). The molecule has 1 atom stereocenters. The molecule has 1 aromatic rings. The minimum atomic E-state index is -0.314. The number of nitrogens with zero attached hydrogens (tertiary/aromatic N) is 1. The molecule has 0 saturated carbocycles. The Morgan fingerprint density at radius 1 is 1.33 bits per heavy atom. The van der Waals surface area contributed by atoms with Gasteiger partial charge < -0.3 is 20.6 Å². The Morgan fingerprint density at radius 3 is 2.67 bits per heavy atom. The van der Waals surface area contributed by atoms with Gasteiger partial charge in [-0.1, -0.05) is 0 Å². The highest BCUT2D eigenvalue weighted by molar-refractivity contribution is 5.91. The number of anilines is 1. The fourth-order valence-corrected chi connectivity index (χ4v) is 2.89. The number of piperidine rings is 1. The van der Waals surface area contributed by atoms with Crippen LogP contribution in [0.15, 0.2) is 24.3 Å². The third-order valence-electron chi connectivity index (χ3n) is 4.32. The maximum absolute atomic E-state index is 12.8. The summed E-state index contributed by atoms with van der Waals surface area (Å²) in [6.45, 7) is 5.81. The highest BCUT2D eigenvalue weighted by Crippen LogP contribution is 2.10. The van der Waals surface area contributed by atoms with Crippen LogP contribution in [0.5, 0.6) is 0 Å². The van der Waals surface area contributed by atoms with Gasteiger partial charge in [-0.2, -0.15) is 0 Å². The SMILES string of the molecule is CC(CC(=O)Nc1ccc(F)cc1)NCCCN1CCC(O)CC1. The minimum Gasteiger partial charge on any atom is -0.393 e. The van der Waals surface area contributed by atoms with Crippen molar-refractivity contribution in [3.63, 3.8) is 0 Å². The summed E-state index contributed by atoms with van der Waals surface area (Å²) < 4.78 is 12.8. The summed E-state index contributed by atoms with van der Waals surface area (Å²) in [5.74, 6) is -0.391. The van der Waals surface area contributed by atoms with E-state index in [0.29, 0.717) is 12.1 Å². The van der Waals surface area contributed by atoms with Crippen molar-refractivity contribution in [2.45, 2.75) is 44.8 Å². The molecule has 1 fully saturated rings. The van der Waals surface area contributed by atoms with E-state index < -0.39 is 0 Å². The molecule has 0 aliphatic carbocycles. The molecule has 1 aromatic carbocycles. The van der Waals surface area contributed by atoms with Crippen molar-refractivity contribution in [3.05, 3.63) is 30.1 Å². The number of nitrogens with one attached hydrogen (secondary N) is 2. The number of rotatable bonds is 8. The van der Waals surface area contributed by atoms with Crippen molar-refractivity contribution in [2.24, 2.45) is 0 Å². The van der Waals surface area contributed by atoms with E-state index in [0.717, 1.165) is 45.4 Å². The minimum absolute atomic E-state index is 0.0772. The standard InChI is InChI=1S/C18H28FN3O2/c1-14(13-18(24)21-16-5-3-15(19)4-6-16)20-9-2-10-22-11-7-17(23)8-12-22/h3-6,14,17,20,23H,2,7-13H2,1H3,(H,21,24). The molecule has 1 aliphatic heterocycles. The van der Waals surface area contributed by atoms with Crippen LogP contribution in [0.1, 0.15) is 32.6 Å². The monoisotopic (exact) mass is 337 g/mol. The Balaban J connectivity index is 1.56. The summed E-state index contributed by atoms with van der Waals surface area (Å²) in [5.41, 5.74) is 0.612. The third-order valence-corrected chi connectivity index (χ3v) is 4.32.